The monoisotopic (exact) mass is 341 g/mol. The first kappa shape index (κ1) is 11.7. The maximum absolute atomic E-state index is 12.2. The summed E-state index contributed by atoms with van der Waals surface area (Å²) < 4.78 is 1.22. The predicted molar refractivity (Wildman–Crippen MR) is 75.9 cm³/mol. The van der Waals surface area contributed by atoms with Crippen LogP contribution in [0.1, 0.15) is 24.8 Å². The molecule has 2 aliphatic heterocycles. The number of rotatable bonds is 3. The van der Waals surface area contributed by atoms with Crippen LogP contribution in [0.4, 0.5) is 0 Å². The second kappa shape index (κ2) is 4.69. The molecule has 0 radical (unpaired) electrons. The standard InChI is InChI=1S/C14H16INO/c15-10-3-1-9(2-4-10)7-14(17)12-8-11-5-6-13(12)16-11/h1-4,11-13,16H,5-8H2. The summed E-state index contributed by atoms with van der Waals surface area (Å²) in [6, 6.07) is 9.37. The fourth-order valence-corrected chi connectivity index (χ4v) is 3.47. The number of ketones is 1. The van der Waals surface area contributed by atoms with Crippen LogP contribution in [-0.4, -0.2) is 17.9 Å². The van der Waals surface area contributed by atoms with Crippen molar-refractivity contribution < 1.29 is 4.79 Å². The lowest BCUT2D eigenvalue weighted by molar-refractivity contribution is -0.122. The maximum Gasteiger partial charge on any atom is 0.141 e. The molecule has 0 aromatic heterocycles. The van der Waals surface area contributed by atoms with Crippen LogP contribution in [0.5, 0.6) is 0 Å². The molecule has 1 N–H and O–H groups in total. The third kappa shape index (κ3) is 2.40. The minimum Gasteiger partial charge on any atom is -0.310 e. The van der Waals surface area contributed by atoms with Crippen molar-refractivity contribution in [2.75, 3.05) is 0 Å². The largest absolute Gasteiger partial charge is 0.310 e. The van der Waals surface area contributed by atoms with E-state index < -0.39 is 0 Å². The third-order valence-corrected chi connectivity index (χ3v) is 4.72. The zero-order valence-electron chi connectivity index (χ0n) is 9.66. The minimum atomic E-state index is 0.271. The quantitative estimate of drug-likeness (QED) is 0.857. The molecular weight excluding hydrogens is 325 g/mol. The fourth-order valence-electron chi connectivity index (χ4n) is 3.11. The molecular formula is C14H16INO. The number of carbonyl (C=O) groups excluding carboxylic acids is 1. The Hall–Kier alpha value is -0.420. The number of nitrogens with one attached hydrogen (secondary N) is 1. The second-order valence-electron chi connectivity index (χ2n) is 5.16. The number of benzene rings is 1. The van der Waals surface area contributed by atoms with Gasteiger partial charge >= 0.3 is 0 Å². The lowest BCUT2D eigenvalue weighted by atomic mass is 9.84. The molecule has 2 aliphatic rings. The van der Waals surface area contributed by atoms with Gasteiger partial charge in [-0.2, -0.15) is 0 Å². The van der Waals surface area contributed by atoms with Crippen molar-refractivity contribution in [3.8, 4) is 0 Å². The van der Waals surface area contributed by atoms with Gasteiger partial charge in [0.25, 0.3) is 0 Å². The molecule has 3 rings (SSSR count). The summed E-state index contributed by atoms with van der Waals surface area (Å²) in [5, 5.41) is 3.53. The first-order chi connectivity index (χ1) is 8.22. The summed E-state index contributed by atoms with van der Waals surface area (Å²) in [4.78, 5) is 12.2. The van der Waals surface area contributed by atoms with Gasteiger partial charge in [-0.3, -0.25) is 4.79 Å². The van der Waals surface area contributed by atoms with Crippen molar-refractivity contribution in [3.63, 3.8) is 0 Å². The van der Waals surface area contributed by atoms with E-state index in [4.69, 9.17) is 0 Å². The predicted octanol–water partition coefficient (Wildman–Crippen LogP) is 2.54. The zero-order valence-corrected chi connectivity index (χ0v) is 11.8. The Bertz CT molecular complexity index is 428. The van der Waals surface area contributed by atoms with Crippen LogP contribution in [0.15, 0.2) is 24.3 Å². The molecule has 3 unspecified atom stereocenters. The van der Waals surface area contributed by atoms with Gasteiger partial charge in [0.05, 0.1) is 0 Å². The normalized spacial score (nSPS) is 30.8. The maximum atomic E-state index is 12.2. The SMILES string of the molecule is O=C(Cc1ccc(I)cc1)C1CC2CCC1N2. The number of hydrogen-bond acceptors (Lipinski definition) is 2. The molecule has 2 saturated heterocycles. The molecule has 90 valence electrons. The molecule has 17 heavy (non-hydrogen) atoms. The van der Waals surface area contributed by atoms with Crippen LogP contribution in [0.3, 0.4) is 0 Å². The first-order valence-corrected chi connectivity index (χ1v) is 7.33. The summed E-state index contributed by atoms with van der Waals surface area (Å²) in [5.74, 6) is 0.693. The summed E-state index contributed by atoms with van der Waals surface area (Å²) >= 11 is 2.29. The number of hydrogen-bond donors (Lipinski definition) is 1. The van der Waals surface area contributed by atoms with E-state index in [0.717, 1.165) is 12.0 Å². The molecule has 1 aromatic carbocycles. The highest BCUT2D eigenvalue weighted by atomic mass is 127. The third-order valence-electron chi connectivity index (χ3n) is 4.01. The van der Waals surface area contributed by atoms with E-state index in [0.29, 0.717) is 24.3 Å². The second-order valence-corrected chi connectivity index (χ2v) is 6.40. The Morgan fingerprint density at radius 2 is 2.06 bits per heavy atom. The van der Waals surface area contributed by atoms with E-state index >= 15 is 0 Å². The number of carbonyl (C=O) groups is 1. The Balaban J connectivity index is 1.65. The summed E-state index contributed by atoms with van der Waals surface area (Å²) in [6.45, 7) is 0. The molecule has 0 saturated carbocycles. The first-order valence-electron chi connectivity index (χ1n) is 6.25. The van der Waals surface area contributed by atoms with E-state index in [1.807, 2.05) is 0 Å². The fraction of sp³-hybridized carbons (Fsp3) is 0.500. The van der Waals surface area contributed by atoms with Crippen LogP contribution in [-0.2, 0) is 11.2 Å². The van der Waals surface area contributed by atoms with Gasteiger partial charge in [0, 0.05) is 28.0 Å². The van der Waals surface area contributed by atoms with Crippen LogP contribution in [0.2, 0.25) is 0 Å². The van der Waals surface area contributed by atoms with Gasteiger partial charge in [0.1, 0.15) is 5.78 Å². The van der Waals surface area contributed by atoms with Crippen molar-refractivity contribution in [2.24, 2.45) is 5.92 Å². The summed E-state index contributed by atoms with van der Waals surface area (Å²) in [6.07, 6.45) is 4.12. The van der Waals surface area contributed by atoms with Crippen LogP contribution in [0, 0.1) is 9.49 Å². The van der Waals surface area contributed by atoms with Gasteiger partial charge in [0.15, 0.2) is 0 Å². The lowest BCUT2D eigenvalue weighted by Gasteiger charge is -2.18. The van der Waals surface area contributed by atoms with E-state index in [1.54, 1.807) is 0 Å². The van der Waals surface area contributed by atoms with Crippen LogP contribution in [0.25, 0.3) is 0 Å². The summed E-state index contributed by atoms with van der Waals surface area (Å²) in [5.41, 5.74) is 1.15. The molecule has 2 nitrogen and oxygen atoms in total. The van der Waals surface area contributed by atoms with E-state index in [9.17, 15) is 4.79 Å². The van der Waals surface area contributed by atoms with Gasteiger partial charge in [-0.15, -0.1) is 0 Å². The minimum absolute atomic E-state index is 0.271. The van der Waals surface area contributed by atoms with Gasteiger partial charge in [-0.05, 0) is 59.5 Å². The smallest absolute Gasteiger partial charge is 0.141 e. The Morgan fingerprint density at radius 1 is 1.29 bits per heavy atom. The molecule has 2 fully saturated rings. The average molecular weight is 341 g/mol. The van der Waals surface area contributed by atoms with E-state index in [1.165, 1.54) is 16.4 Å². The summed E-state index contributed by atoms with van der Waals surface area (Å²) in [7, 11) is 0. The topological polar surface area (TPSA) is 29.1 Å². The molecule has 1 aromatic rings. The van der Waals surface area contributed by atoms with E-state index in [2.05, 4.69) is 52.2 Å². The van der Waals surface area contributed by atoms with Gasteiger partial charge in [-0.25, -0.2) is 0 Å². The molecule has 0 aliphatic carbocycles. The van der Waals surface area contributed by atoms with Crippen molar-refractivity contribution in [1.29, 1.82) is 0 Å². The van der Waals surface area contributed by atoms with Gasteiger partial charge in [-0.1, -0.05) is 12.1 Å². The number of Topliss-reactive ketones (excluding diaryl/α,β-unsaturated/α-hetero) is 1. The van der Waals surface area contributed by atoms with Gasteiger partial charge in [0.2, 0.25) is 0 Å². The van der Waals surface area contributed by atoms with E-state index in [-0.39, 0.29) is 5.92 Å². The highest BCUT2D eigenvalue weighted by Crippen LogP contribution is 2.34. The molecule has 3 heteroatoms. The molecule has 2 heterocycles. The molecule has 0 amide bonds. The zero-order chi connectivity index (χ0) is 11.8. The van der Waals surface area contributed by atoms with Crippen LogP contribution >= 0.6 is 22.6 Å². The Kier molecular flexibility index (Phi) is 3.21. The Morgan fingerprint density at radius 3 is 2.65 bits per heavy atom. The molecule has 0 spiro atoms. The van der Waals surface area contributed by atoms with Crippen molar-refractivity contribution >= 4 is 28.4 Å². The van der Waals surface area contributed by atoms with Crippen molar-refractivity contribution in [3.05, 3.63) is 33.4 Å². The molecule has 3 atom stereocenters. The Labute approximate surface area is 115 Å². The highest BCUT2D eigenvalue weighted by molar-refractivity contribution is 14.1. The lowest BCUT2D eigenvalue weighted by Crippen LogP contribution is -2.29. The van der Waals surface area contributed by atoms with Crippen molar-refractivity contribution in [1.82, 2.24) is 5.32 Å². The van der Waals surface area contributed by atoms with Crippen LogP contribution < -0.4 is 5.32 Å². The number of halogens is 1. The molecule has 2 bridgehead atoms. The number of fused-ring (bicyclic) bond motifs is 2. The van der Waals surface area contributed by atoms with Gasteiger partial charge < -0.3 is 5.32 Å². The average Bonchev–Trinajstić information content (AvgIpc) is 2.94. The van der Waals surface area contributed by atoms with Crippen molar-refractivity contribution in [2.45, 2.75) is 37.8 Å². The highest BCUT2D eigenvalue weighted by Gasteiger charge is 2.42.